The van der Waals surface area contributed by atoms with Crippen molar-refractivity contribution in [2.45, 2.75) is 105 Å². The number of benzene rings is 2. The van der Waals surface area contributed by atoms with E-state index < -0.39 is 0 Å². The van der Waals surface area contributed by atoms with Crippen LogP contribution in [0.2, 0.25) is 0 Å². The third kappa shape index (κ3) is 6.52. The molecule has 0 amide bonds. The molecule has 0 aromatic heterocycles. The van der Waals surface area contributed by atoms with Crippen molar-refractivity contribution < 1.29 is 23.9 Å². The van der Waals surface area contributed by atoms with Gasteiger partial charge in [0, 0.05) is 18.1 Å². The summed E-state index contributed by atoms with van der Waals surface area (Å²) in [6.07, 6.45) is 0. The summed E-state index contributed by atoms with van der Waals surface area (Å²) >= 11 is 0. The van der Waals surface area contributed by atoms with Gasteiger partial charge in [0.2, 0.25) is 5.69 Å². The van der Waals surface area contributed by atoms with Crippen molar-refractivity contribution in [1.29, 1.82) is 0 Å². The minimum absolute atomic E-state index is 0. The van der Waals surface area contributed by atoms with Crippen LogP contribution in [-0.2, 0) is 0 Å². The monoisotopic (exact) mass is 427 g/mol. The maximum absolute atomic E-state index is 5.38. The Morgan fingerprint density at radius 1 is 0.688 bits per heavy atom. The summed E-state index contributed by atoms with van der Waals surface area (Å²) in [7, 11) is 0. The summed E-state index contributed by atoms with van der Waals surface area (Å²) in [5.74, 6) is 1.80. The fraction of sp³-hybridized carbons (Fsp3) is 0.552. The SMILES string of the molecule is CC(=[NH+]c1c(C(C)C)cccc1C(C)C)C(C)(C)[N-]c1c(C(C)C)cccc1C(C)C.[Li+]. The van der Waals surface area contributed by atoms with Crippen LogP contribution in [-0.4, -0.2) is 11.3 Å². The number of rotatable bonds is 8. The van der Waals surface area contributed by atoms with Gasteiger partial charge in [-0.05, 0) is 29.2 Å². The normalized spacial score (nSPS) is 12.7. The van der Waals surface area contributed by atoms with E-state index in [1.165, 1.54) is 39.3 Å². The van der Waals surface area contributed by atoms with Gasteiger partial charge in [-0.2, -0.15) is 0 Å². The molecule has 0 fully saturated rings. The van der Waals surface area contributed by atoms with Gasteiger partial charge in [-0.1, -0.05) is 117 Å². The van der Waals surface area contributed by atoms with Gasteiger partial charge in [0.25, 0.3) is 0 Å². The summed E-state index contributed by atoms with van der Waals surface area (Å²) in [5, 5.41) is 5.38. The summed E-state index contributed by atoms with van der Waals surface area (Å²) in [6.45, 7) is 24.7. The topological polar surface area (TPSA) is 28.1 Å². The van der Waals surface area contributed by atoms with E-state index in [9.17, 15) is 0 Å². The van der Waals surface area contributed by atoms with E-state index in [2.05, 4.69) is 118 Å². The predicted molar refractivity (Wildman–Crippen MR) is 138 cm³/mol. The zero-order chi connectivity index (χ0) is 23.5. The Hall–Kier alpha value is -1.49. The van der Waals surface area contributed by atoms with Crippen molar-refractivity contribution >= 4 is 17.1 Å². The number of hydrogen-bond donors (Lipinski definition) is 1. The molecule has 2 aromatic rings. The fourth-order valence-corrected chi connectivity index (χ4v) is 4.04. The minimum Gasteiger partial charge on any atom is -0.671 e. The van der Waals surface area contributed by atoms with E-state index in [1.807, 2.05) is 0 Å². The molecule has 32 heavy (non-hydrogen) atoms. The Labute approximate surface area is 209 Å². The van der Waals surface area contributed by atoms with Crippen molar-refractivity contribution in [3.05, 3.63) is 64.0 Å². The molecule has 0 saturated heterocycles. The molecule has 0 saturated carbocycles. The molecule has 0 heterocycles. The Morgan fingerprint density at radius 2 is 1.03 bits per heavy atom. The van der Waals surface area contributed by atoms with Crippen molar-refractivity contribution in [3.8, 4) is 0 Å². The third-order valence-electron chi connectivity index (χ3n) is 6.34. The Balaban J connectivity index is 0.00000512. The zero-order valence-corrected chi connectivity index (χ0v) is 22.7. The smallest absolute Gasteiger partial charge is 0.671 e. The van der Waals surface area contributed by atoms with E-state index >= 15 is 0 Å². The zero-order valence-electron chi connectivity index (χ0n) is 22.7. The first-order valence-electron chi connectivity index (χ1n) is 12.0. The van der Waals surface area contributed by atoms with Crippen LogP contribution in [0.25, 0.3) is 5.32 Å². The van der Waals surface area contributed by atoms with Gasteiger partial charge < -0.3 is 5.32 Å². The van der Waals surface area contributed by atoms with E-state index in [-0.39, 0.29) is 24.4 Å². The van der Waals surface area contributed by atoms with Crippen LogP contribution in [0.4, 0.5) is 11.4 Å². The van der Waals surface area contributed by atoms with Gasteiger partial charge >= 0.3 is 18.9 Å². The van der Waals surface area contributed by atoms with Crippen molar-refractivity contribution in [2.24, 2.45) is 0 Å². The average molecular weight is 428 g/mol. The molecular formula is C29H44LiN2+. The average Bonchev–Trinajstić information content (AvgIpc) is 2.67. The largest absolute Gasteiger partial charge is 1.00 e. The molecule has 170 valence electrons. The van der Waals surface area contributed by atoms with Crippen LogP contribution in [0.5, 0.6) is 0 Å². The predicted octanol–water partition coefficient (Wildman–Crippen LogP) is 4.84. The van der Waals surface area contributed by atoms with E-state index in [4.69, 9.17) is 5.32 Å². The number of nitrogens with zero attached hydrogens (tertiary/aromatic N) is 1. The maximum Gasteiger partial charge on any atom is 1.00 e. The molecule has 0 aliphatic heterocycles. The van der Waals surface area contributed by atoms with E-state index in [0.717, 1.165) is 0 Å². The Kier molecular flexibility index (Phi) is 10.3. The van der Waals surface area contributed by atoms with Crippen molar-refractivity contribution in [2.75, 3.05) is 0 Å². The first kappa shape index (κ1) is 28.5. The van der Waals surface area contributed by atoms with Crippen LogP contribution in [0.3, 0.4) is 0 Å². The first-order chi connectivity index (χ1) is 14.4. The molecule has 1 N–H and O–H groups in total. The van der Waals surface area contributed by atoms with Crippen molar-refractivity contribution in [1.82, 2.24) is 0 Å². The molecule has 0 radical (unpaired) electrons. The molecule has 2 nitrogen and oxygen atoms in total. The van der Waals surface area contributed by atoms with Crippen LogP contribution in [0, 0.1) is 0 Å². The minimum atomic E-state index is -0.340. The summed E-state index contributed by atoms with van der Waals surface area (Å²) in [4.78, 5) is 3.82. The van der Waals surface area contributed by atoms with Crippen LogP contribution in [0.1, 0.15) is 122 Å². The van der Waals surface area contributed by atoms with Crippen molar-refractivity contribution in [3.63, 3.8) is 0 Å². The first-order valence-corrected chi connectivity index (χ1v) is 12.0. The number of hydrogen-bond acceptors (Lipinski definition) is 0. The van der Waals surface area contributed by atoms with E-state index in [0.29, 0.717) is 23.7 Å². The van der Waals surface area contributed by atoms with Gasteiger partial charge in [0.05, 0.1) is 0 Å². The molecule has 3 heteroatoms. The molecule has 0 unspecified atom stereocenters. The second-order valence-corrected chi connectivity index (χ2v) is 10.6. The van der Waals surface area contributed by atoms with Crippen LogP contribution in [0.15, 0.2) is 36.4 Å². The molecule has 0 atom stereocenters. The summed E-state index contributed by atoms with van der Waals surface area (Å²) in [6, 6.07) is 13.3. The fourth-order valence-electron chi connectivity index (χ4n) is 4.04. The molecule has 0 aliphatic carbocycles. The second-order valence-electron chi connectivity index (χ2n) is 10.6. The van der Waals surface area contributed by atoms with Gasteiger partial charge in [-0.25, -0.2) is 4.99 Å². The van der Waals surface area contributed by atoms with Gasteiger partial charge in [-0.15, -0.1) is 5.69 Å². The van der Waals surface area contributed by atoms with Gasteiger partial charge in [-0.3, -0.25) is 0 Å². The summed E-state index contributed by atoms with van der Waals surface area (Å²) < 4.78 is 0. The standard InChI is InChI=1S/C29H43N2.Li/c1-18(2)23-14-12-15-24(19(3)4)27(23)30-22(9)29(10,11)31-28-25(20(5)6)16-13-17-26(28)21(7)8;/h12-21H,1-11H3;/q-1;+1/p+1. The Bertz CT molecular complexity index is 868. The summed E-state index contributed by atoms with van der Waals surface area (Å²) in [5.41, 5.74) is 8.66. The van der Waals surface area contributed by atoms with Gasteiger partial charge in [0.15, 0.2) is 0 Å². The van der Waals surface area contributed by atoms with Crippen LogP contribution < -0.4 is 23.9 Å². The van der Waals surface area contributed by atoms with E-state index in [1.54, 1.807) is 0 Å². The quantitative estimate of drug-likeness (QED) is 0.461. The molecular weight excluding hydrogens is 383 g/mol. The van der Waals surface area contributed by atoms with Crippen LogP contribution >= 0.6 is 0 Å². The molecule has 0 bridgehead atoms. The second kappa shape index (κ2) is 11.6. The number of para-hydroxylation sites is 2. The maximum atomic E-state index is 5.38. The molecule has 2 aromatic carbocycles. The van der Waals surface area contributed by atoms with Gasteiger partial charge in [0.1, 0.15) is 5.71 Å². The number of nitrogens with one attached hydrogen (secondary N) is 1. The Morgan fingerprint density at radius 3 is 1.38 bits per heavy atom. The molecule has 0 spiro atoms. The third-order valence-corrected chi connectivity index (χ3v) is 6.34. The molecule has 2 rings (SSSR count). The molecule has 0 aliphatic rings.